The van der Waals surface area contributed by atoms with Gasteiger partial charge in [-0.3, -0.25) is 4.79 Å². The molecule has 1 aromatic heterocycles. The van der Waals surface area contributed by atoms with Crippen molar-refractivity contribution in [3.8, 4) is 11.5 Å². The van der Waals surface area contributed by atoms with Gasteiger partial charge < -0.3 is 20.1 Å². The van der Waals surface area contributed by atoms with Gasteiger partial charge in [0.1, 0.15) is 5.82 Å². The highest BCUT2D eigenvalue weighted by Crippen LogP contribution is 2.25. The fraction of sp³-hybridized carbons (Fsp3) is 0.429. The maximum Gasteiger partial charge on any atom is 0.263 e. The Labute approximate surface area is 160 Å². The van der Waals surface area contributed by atoms with Crippen LogP contribution in [-0.4, -0.2) is 30.6 Å². The van der Waals surface area contributed by atoms with Crippen LogP contribution in [0.5, 0.6) is 11.5 Å². The molecule has 27 heavy (non-hydrogen) atoms. The van der Waals surface area contributed by atoms with Crippen LogP contribution in [0.3, 0.4) is 0 Å². The van der Waals surface area contributed by atoms with Crippen LogP contribution in [0.1, 0.15) is 38.5 Å². The van der Waals surface area contributed by atoms with Crippen molar-refractivity contribution < 1.29 is 14.3 Å². The number of hydrogen-bond acceptors (Lipinski definition) is 5. The molecule has 1 heterocycles. The number of rotatable bonds is 7. The van der Waals surface area contributed by atoms with Crippen molar-refractivity contribution >= 4 is 17.4 Å². The molecule has 1 fully saturated rings. The van der Waals surface area contributed by atoms with E-state index in [1.54, 1.807) is 31.5 Å². The highest BCUT2D eigenvalue weighted by molar-refractivity contribution is 5.91. The Kier molecular flexibility index (Phi) is 6.90. The lowest BCUT2D eigenvalue weighted by molar-refractivity contribution is -0.118. The van der Waals surface area contributed by atoms with Crippen molar-refractivity contribution in [1.29, 1.82) is 0 Å². The van der Waals surface area contributed by atoms with E-state index in [2.05, 4.69) is 15.6 Å². The zero-order valence-electron chi connectivity index (χ0n) is 15.7. The molecule has 0 aliphatic heterocycles. The molecule has 1 aromatic carbocycles. The van der Waals surface area contributed by atoms with Crippen molar-refractivity contribution in [2.45, 2.75) is 44.6 Å². The number of nitrogens with one attached hydrogen (secondary N) is 2. The van der Waals surface area contributed by atoms with Crippen LogP contribution in [0, 0.1) is 0 Å². The zero-order chi connectivity index (χ0) is 18.9. The summed E-state index contributed by atoms with van der Waals surface area (Å²) in [4.78, 5) is 16.4. The van der Waals surface area contributed by atoms with Gasteiger partial charge in [0.15, 0.2) is 18.1 Å². The molecule has 6 nitrogen and oxygen atoms in total. The van der Waals surface area contributed by atoms with Crippen molar-refractivity contribution in [1.82, 2.24) is 4.98 Å². The van der Waals surface area contributed by atoms with Gasteiger partial charge in [0.05, 0.1) is 19.0 Å². The van der Waals surface area contributed by atoms with E-state index in [4.69, 9.17) is 9.47 Å². The SMILES string of the molecule is COc1ccccc1OCC(=O)Nc1ccc(NC2CCCCCC2)cn1. The van der Waals surface area contributed by atoms with Gasteiger partial charge in [-0.15, -0.1) is 0 Å². The second-order valence-corrected chi connectivity index (χ2v) is 6.75. The van der Waals surface area contributed by atoms with Gasteiger partial charge in [0.25, 0.3) is 5.91 Å². The molecule has 0 radical (unpaired) electrons. The van der Waals surface area contributed by atoms with E-state index in [0.29, 0.717) is 23.4 Å². The number of amides is 1. The van der Waals surface area contributed by atoms with Crippen LogP contribution in [0.2, 0.25) is 0 Å². The van der Waals surface area contributed by atoms with E-state index in [0.717, 1.165) is 5.69 Å². The van der Waals surface area contributed by atoms with E-state index in [9.17, 15) is 4.79 Å². The van der Waals surface area contributed by atoms with Crippen LogP contribution >= 0.6 is 0 Å². The number of benzene rings is 1. The molecule has 2 N–H and O–H groups in total. The number of methoxy groups -OCH3 is 1. The van der Waals surface area contributed by atoms with Gasteiger partial charge in [-0.25, -0.2) is 4.98 Å². The molecule has 0 atom stereocenters. The first kappa shape index (κ1) is 19.0. The minimum atomic E-state index is -0.266. The number of carbonyl (C=O) groups is 1. The van der Waals surface area contributed by atoms with Gasteiger partial charge in [-0.05, 0) is 37.1 Å². The molecule has 1 aliphatic rings. The molecular weight excluding hydrogens is 342 g/mol. The molecule has 1 saturated carbocycles. The third-order valence-corrected chi connectivity index (χ3v) is 4.68. The summed E-state index contributed by atoms with van der Waals surface area (Å²) in [5.74, 6) is 1.37. The predicted molar refractivity (Wildman–Crippen MR) is 106 cm³/mol. The smallest absolute Gasteiger partial charge is 0.263 e. The maximum absolute atomic E-state index is 12.1. The summed E-state index contributed by atoms with van der Waals surface area (Å²) in [5.41, 5.74) is 0.991. The summed E-state index contributed by atoms with van der Waals surface area (Å²) >= 11 is 0. The fourth-order valence-electron chi connectivity index (χ4n) is 3.27. The molecule has 0 saturated heterocycles. The van der Waals surface area contributed by atoms with Crippen molar-refractivity contribution in [2.24, 2.45) is 0 Å². The lowest BCUT2D eigenvalue weighted by atomic mass is 10.1. The standard InChI is InChI=1S/C21H27N3O3/c1-26-18-10-6-7-11-19(18)27-15-21(25)24-20-13-12-17(14-22-20)23-16-8-4-2-3-5-9-16/h6-7,10-14,16,23H,2-5,8-9,15H2,1H3,(H,22,24,25). The van der Waals surface area contributed by atoms with Crippen molar-refractivity contribution in [3.63, 3.8) is 0 Å². The van der Waals surface area contributed by atoms with Crippen LogP contribution in [-0.2, 0) is 4.79 Å². The molecule has 0 unspecified atom stereocenters. The summed E-state index contributed by atoms with van der Waals surface area (Å²) in [5, 5.41) is 6.29. The lowest BCUT2D eigenvalue weighted by Gasteiger charge is -2.17. The number of ether oxygens (including phenoxy) is 2. The number of para-hydroxylation sites is 2. The first-order chi connectivity index (χ1) is 13.2. The first-order valence-corrected chi connectivity index (χ1v) is 9.53. The third kappa shape index (κ3) is 5.88. The Morgan fingerprint density at radius 2 is 1.81 bits per heavy atom. The molecule has 144 valence electrons. The van der Waals surface area contributed by atoms with Gasteiger partial charge in [-0.2, -0.15) is 0 Å². The van der Waals surface area contributed by atoms with Crippen LogP contribution in [0.4, 0.5) is 11.5 Å². The first-order valence-electron chi connectivity index (χ1n) is 9.53. The Balaban J connectivity index is 1.48. The van der Waals surface area contributed by atoms with Crippen LogP contribution < -0.4 is 20.1 Å². The van der Waals surface area contributed by atoms with E-state index >= 15 is 0 Å². The van der Waals surface area contributed by atoms with Crippen LogP contribution in [0.25, 0.3) is 0 Å². The largest absolute Gasteiger partial charge is 0.493 e. The average molecular weight is 369 g/mol. The van der Waals surface area contributed by atoms with Crippen molar-refractivity contribution in [2.75, 3.05) is 24.4 Å². The van der Waals surface area contributed by atoms with E-state index < -0.39 is 0 Å². The van der Waals surface area contributed by atoms with Gasteiger partial charge in [-0.1, -0.05) is 37.8 Å². The molecular formula is C21H27N3O3. The normalized spacial score (nSPS) is 14.9. The Hall–Kier alpha value is -2.76. The Morgan fingerprint density at radius 1 is 1.07 bits per heavy atom. The topological polar surface area (TPSA) is 72.5 Å². The number of carbonyl (C=O) groups excluding carboxylic acids is 1. The number of pyridine rings is 1. The minimum Gasteiger partial charge on any atom is -0.493 e. The second kappa shape index (κ2) is 9.80. The number of nitrogens with zero attached hydrogens (tertiary/aromatic N) is 1. The van der Waals surface area contributed by atoms with Crippen LogP contribution in [0.15, 0.2) is 42.6 Å². The zero-order valence-corrected chi connectivity index (χ0v) is 15.7. The highest BCUT2D eigenvalue weighted by atomic mass is 16.5. The Morgan fingerprint density at radius 3 is 2.48 bits per heavy atom. The van der Waals surface area contributed by atoms with E-state index in [1.807, 2.05) is 18.2 Å². The van der Waals surface area contributed by atoms with E-state index in [-0.39, 0.29) is 12.5 Å². The van der Waals surface area contributed by atoms with Crippen molar-refractivity contribution in [3.05, 3.63) is 42.6 Å². The monoisotopic (exact) mass is 369 g/mol. The summed E-state index contributed by atoms with van der Waals surface area (Å²) in [6, 6.07) is 11.5. The molecule has 0 bridgehead atoms. The predicted octanol–water partition coefficient (Wildman–Crippen LogP) is 4.24. The minimum absolute atomic E-state index is 0.107. The molecule has 1 amide bonds. The number of anilines is 2. The number of hydrogen-bond donors (Lipinski definition) is 2. The summed E-state index contributed by atoms with van der Waals surface area (Å²) < 4.78 is 10.7. The molecule has 3 rings (SSSR count). The second-order valence-electron chi connectivity index (χ2n) is 6.75. The summed E-state index contributed by atoms with van der Waals surface area (Å²) in [7, 11) is 1.57. The summed E-state index contributed by atoms with van der Waals surface area (Å²) in [6.07, 6.45) is 9.41. The molecule has 0 spiro atoms. The lowest BCUT2D eigenvalue weighted by Crippen LogP contribution is -2.21. The molecule has 2 aromatic rings. The molecule has 6 heteroatoms. The third-order valence-electron chi connectivity index (χ3n) is 4.68. The highest BCUT2D eigenvalue weighted by Gasteiger charge is 2.12. The quantitative estimate of drug-likeness (QED) is 0.714. The average Bonchev–Trinajstić information content (AvgIpc) is 2.97. The number of aromatic nitrogens is 1. The summed E-state index contributed by atoms with van der Waals surface area (Å²) in [6.45, 7) is -0.107. The van der Waals surface area contributed by atoms with Gasteiger partial charge in [0.2, 0.25) is 0 Å². The van der Waals surface area contributed by atoms with E-state index in [1.165, 1.54) is 38.5 Å². The Bertz CT molecular complexity index is 726. The molecule has 1 aliphatic carbocycles. The van der Waals surface area contributed by atoms with Gasteiger partial charge >= 0.3 is 0 Å². The van der Waals surface area contributed by atoms with Gasteiger partial charge in [0, 0.05) is 6.04 Å². The maximum atomic E-state index is 12.1. The fourth-order valence-corrected chi connectivity index (χ4v) is 3.27.